The average molecular weight is 709 g/mol. The summed E-state index contributed by atoms with van der Waals surface area (Å²) in [7, 11) is 3.16. The Kier molecular flexibility index (Phi) is 11.0. The zero-order chi connectivity index (χ0) is 37.8. The largest absolute Gasteiger partial charge is 0.506 e. The molecule has 2 aliphatic rings. The standard InChI is InChI=1S/2C21H22O5/c2*1-21(2,3)26-20(23)17-18(22)15-7-5-6-8-16(15)25-19(17)13-9-11-14(24-4)12-10-13/h5-12,19,22H,1-4H3;5-12,17,19H,1-4H3/t19-;17-,19+/m01/s1. The zero-order valence-electron chi connectivity index (χ0n) is 30.6. The van der Waals surface area contributed by atoms with Gasteiger partial charge in [0.2, 0.25) is 0 Å². The van der Waals surface area contributed by atoms with Crippen molar-refractivity contribution in [2.24, 2.45) is 5.92 Å². The van der Waals surface area contributed by atoms with E-state index in [9.17, 15) is 19.5 Å². The van der Waals surface area contributed by atoms with E-state index in [-0.39, 0.29) is 17.1 Å². The highest BCUT2D eigenvalue weighted by atomic mass is 16.6. The van der Waals surface area contributed by atoms with Gasteiger partial charge in [-0.05, 0) is 101 Å². The van der Waals surface area contributed by atoms with Crippen molar-refractivity contribution in [3.05, 3.63) is 125 Å². The molecule has 0 radical (unpaired) electrons. The number of ether oxygens (including phenoxy) is 6. The smallest absolute Gasteiger partial charge is 0.342 e. The van der Waals surface area contributed by atoms with Gasteiger partial charge in [0, 0.05) is 0 Å². The van der Waals surface area contributed by atoms with E-state index in [1.54, 1.807) is 147 Å². The molecular formula is C42H44O10. The van der Waals surface area contributed by atoms with E-state index in [0.717, 1.165) is 0 Å². The summed E-state index contributed by atoms with van der Waals surface area (Å²) in [6.45, 7) is 10.7. The number of carbonyl (C=O) groups excluding carboxylic acids is 3. The monoisotopic (exact) mass is 708 g/mol. The van der Waals surface area contributed by atoms with Gasteiger partial charge in [0.25, 0.3) is 0 Å². The Bertz CT molecular complexity index is 1950. The van der Waals surface area contributed by atoms with Crippen molar-refractivity contribution in [3.63, 3.8) is 0 Å². The summed E-state index contributed by atoms with van der Waals surface area (Å²) in [6.07, 6.45) is -1.52. The number of methoxy groups -OCH3 is 2. The minimum atomic E-state index is -1.06. The Labute approximate surface area is 303 Å². The maximum atomic E-state index is 13.0. The molecule has 10 heteroatoms. The van der Waals surface area contributed by atoms with Crippen LogP contribution in [0.2, 0.25) is 0 Å². The molecule has 0 unspecified atom stereocenters. The van der Waals surface area contributed by atoms with Crippen LogP contribution in [0.5, 0.6) is 23.0 Å². The third-order valence-electron chi connectivity index (χ3n) is 8.04. The zero-order valence-corrected chi connectivity index (χ0v) is 30.6. The second kappa shape index (κ2) is 15.2. The summed E-state index contributed by atoms with van der Waals surface area (Å²) >= 11 is 0. The molecule has 0 fully saturated rings. The fraction of sp³-hybridized carbons (Fsp3) is 0.310. The summed E-state index contributed by atoms with van der Waals surface area (Å²) < 4.78 is 33.4. The second-order valence-corrected chi connectivity index (χ2v) is 14.2. The fourth-order valence-electron chi connectivity index (χ4n) is 5.70. The molecule has 6 rings (SSSR count). The number of Topliss-reactive ketones (excluding diaryl/α,β-unsaturated/α-hetero) is 1. The second-order valence-electron chi connectivity index (χ2n) is 14.2. The quantitative estimate of drug-likeness (QED) is 0.154. The molecule has 3 atom stereocenters. The summed E-state index contributed by atoms with van der Waals surface area (Å²) in [6, 6.07) is 28.3. The minimum absolute atomic E-state index is 0.0868. The van der Waals surface area contributed by atoms with Crippen LogP contribution in [0.25, 0.3) is 5.76 Å². The highest BCUT2D eigenvalue weighted by molar-refractivity contribution is 6.11. The SMILES string of the molecule is COc1ccc([C@@H]2Oc3ccccc3C(=O)[C@H]2C(=O)OC(C)(C)C)cc1.COc1ccc([C@@H]2Oc3ccccc3C(O)=C2C(=O)OC(C)(C)C)cc1. The van der Waals surface area contributed by atoms with Crippen molar-refractivity contribution in [3.8, 4) is 23.0 Å². The molecule has 0 saturated carbocycles. The molecule has 0 saturated heterocycles. The molecule has 0 aliphatic carbocycles. The van der Waals surface area contributed by atoms with Crippen LogP contribution in [0, 0.1) is 5.92 Å². The Morgan fingerprint density at radius 1 is 0.635 bits per heavy atom. The molecule has 52 heavy (non-hydrogen) atoms. The number of rotatable bonds is 6. The molecule has 10 nitrogen and oxygen atoms in total. The predicted molar refractivity (Wildman–Crippen MR) is 195 cm³/mol. The van der Waals surface area contributed by atoms with Crippen LogP contribution in [-0.2, 0) is 19.1 Å². The van der Waals surface area contributed by atoms with Gasteiger partial charge in [-0.25, -0.2) is 4.79 Å². The lowest BCUT2D eigenvalue weighted by atomic mass is 9.85. The van der Waals surface area contributed by atoms with E-state index in [4.69, 9.17) is 28.4 Å². The maximum Gasteiger partial charge on any atom is 0.342 e. The molecule has 2 heterocycles. The number of para-hydroxylation sites is 2. The molecular weight excluding hydrogens is 664 g/mol. The number of carbonyl (C=O) groups is 3. The predicted octanol–water partition coefficient (Wildman–Crippen LogP) is 8.41. The first-order chi connectivity index (χ1) is 24.6. The summed E-state index contributed by atoms with van der Waals surface area (Å²) in [5.41, 5.74) is 0.997. The van der Waals surface area contributed by atoms with Crippen LogP contribution in [0.4, 0.5) is 0 Å². The van der Waals surface area contributed by atoms with E-state index < -0.39 is 41.3 Å². The molecule has 0 aromatic heterocycles. The van der Waals surface area contributed by atoms with Gasteiger partial charge in [-0.3, -0.25) is 9.59 Å². The molecule has 2 aliphatic heterocycles. The Morgan fingerprint density at radius 3 is 1.63 bits per heavy atom. The Balaban J connectivity index is 0.000000201. The fourth-order valence-corrected chi connectivity index (χ4v) is 5.70. The highest BCUT2D eigenvalue weighted by Gasteiger charge is 2.45. The van der Waals surface area contributed by atoms with Gasteiger partial charge in [-0.15, -0.1) is 0 Å². The summed E-state index contributed by atoms with van der Waals surface area (Å²) in [5.74, 6) is -0.303. The van der Waals surface area contributed by atoms with E-state index in [1.807, 2.05) is 6.07 Å². The van der Waals surface area contributed by atoms with Gasteiger partial charge >= 0.3 is 11.9 Å². The maximum absolute atomic E-state index is 13.0. The third-order valence-corrected chi connectivity index (χ3v) is 8.04. The van der Waals surface area contributed by atoms with E-state index in [2.05, 4.69) is 0 Å². The first-order valence-electron chi connectivity index (χ1n) is 16.8. The van der Waals surface area contributed by atoms with Crippen molar-refractivity contribution in [2.45, 2.75) is 65.0 Å². The van der Waals surface area contributed by atoms with Gasteiger partial charge < -0.3 is 33.5 Å². The summed E-state index contributed by atoms with van der Waals surface area (Å²) in [5, 5.41) is 10.8. The molecule has 4 aromatic carbocycles. The van der Waals surface area contributed by atoms with Gasteiger partial charge in [0.1, 0.15) is 51.6 Å². The molecule has 4 aromatic rings. The van der Waals surface area contributed by atoms with E-state index >= 15 is 0 Å². The number of benzene rings is 4. The van der Waals surface area contributed by atoms with Gasteiger partial charge in [0.15, 0.2) is 17.8 Å². The first kappa shape index (κ1) is 37.5. The molecule has 0 bridgehead atoms. The van der Waals surface area contributed by atoms with Crippen molar-refractivity contribution >= 4 is 23.5 Å². The lowest BCUT2D eigenvalue weighted by Crippen LogP contribution is -2.40. The Hall–Kier alpha value is -5.77. The molecule has 0 spiro atoms. The number of hydrogen-bond acceptors (Lipinski definition) is 10. The topological polar surface area (TPSA) is 127 Å². The van der Waals surface area contributed by atoms with Crippen LogP contribution in [0.3, 0.4) is 0 Å². The normalized spacial score (nSPS) is 17.9. The highest BCUT2D eigenvalue weighted by Crippen LogP contribution is 2.43. The van der Waals surface area contributed by atoms with Crippen LogP contribution in [0.1, 0.15) is 80.8 Å². The van der Waals surface area contributed by atoms with E-state index in [1.165, 1.54) is 0 Å². The molecule has 1 N–H and O–H groups in total. The number of esters is 2. The van der Waals surface area contributed by atoms with Crippen LogP contribution in [-0.4, -0.2) is 48.3 Å². The van der Waals surface area contributed by atoms with E-state index in [0.29, 0.717) is 45.3 Å². The van der Waals surface area contributed by atoms with Gasteiger partial charge in [-0.2, -0.15) is 0 Å². The number of aliphatic hydroxyl groups is 1. The van der Waals surface area contributed by atoms with Crippen molar-refractivity contribution in [2.75, 3.05) is 14.2 Å². The number of ketones is 1. The molecule has 0 amide bonds. The van der Waals surface area contributed by atoms with Crippen molar-refractivity contribution in [1.29, 1.82) is 0 Å². The first-order valence-corrected chi connectivity index (χ1v) is 16.8. The lowest BCUT2D eigenvalue weighted by molar-refractivity contribution is -0.161. The van der Waals surface area contributed by atoms with Crippen molar-refractivity contribution < 1.29 is 47.9 Å². The Morgan fingerprint density at radius 2 is 1.12 bits per heavy atom. The minimum Gasteiger partial charge on any atom is -0.506 e. The summed E-state index contributed by atoms with van der Waals surface area (Å²) in [4.78, 5) is 38.6. The van der Waals surface area contributed by atoms with Gasteiger partial charge in [0.05, 0.1) is 25.3 Å². The van der Waals surface area contributed by atoms with Gasteiger partial charge in [-0.1, -0.05) is 48.5 Å². The third kappa shape index (κ3) is 8.57. The van der Waals surface area contributed by atoms with Crippen LogP contribution in [0.15, 0.2) is 103 Å². The van der Waals surface area contributed by atoms with Crippen LogP contribution < -0.4 is 18.9 Å². The van der Waals surface area contributed by atoms with Crippen molar-refractivity contribution in [1.82, 2.24) is 0 Å². The van der Waals surface area contributed by atoms with Crippen LogP contribution >= 0.6 is 0 Å². The molecule has 272 valence electrons. The number of fused-ring (bicyclic) bond motifs is 2. The average Bonchev–Trinajstić information content (AvgIpc) is 3.10. The lowest BCUT2D eigenvalue weighted by Gasteiger charge is -2.33. The number of aliphatic hydroxyl groups excluding tert-OH is 1. The number of hydrogen-bond donors (Lipinski definition) is 1.